The Morgan fingerprint density at radius 1 is 0.964 bits per heavy atom. The Hall–Kier alpha value is -2.41. The van der Waals surface area contributed by atoms with E-state index in [1.54, 1.807) is 4.90 Å². The highest BCUT2D eigenvalue weighted by atomic mass is 16.2. The van der Waals surface area contributed by atoms with Crippen molar-refractivity contribution in [2.75, 3.05) is 24.5 Å². The molecule has 2 atom stereocenters. The number of carbonyl (C=O) groups is 3. The van der Waals surface area contributed by atoms with Crippen molar-refractivity contribution < 1.29 is 14.4 Å². The molecule has 0 spiro atoms. The monoisotopic (exact) mass is 382 g/mol. The normalized spacial score (nSPS) is 28.2. The first-order valence-corrected chi connectivity index (χ1v) is 10.4. The van der Waals surface area contributed by atoms with Crippen molar-refractivity contribution in [2.45, 2.75) is 50.7 Å². The largest absolute Gasteiger partial charge is 0.368 e. The van der Waals surface area contributed by atoms with Gasteiger partial charge in [-0.15, -0.1) is 0 Å². The standard InChI is InChI=1S/C21H26N4O3/c26-19-5-4-18(20(27)23-19)25-12-15-14(21(25)28)2-1-3-17(15)24-11-8-16(24)13-6-9-22-10-7-13/h1-3,13,16,18,22H,4-12H2,(H,23,26,27)/t16-,18-/m1/s1. The van der Waals surface area contributed by atoms with Crippen molar-refractivity contribution in [2.24, 2.45) is 5.92 Å². The molecule has 4 aliphatic heterocycles. The fourth-order valence-electron chi connectivity index (χ4n) is 5.26. The number of amides is 3. The summed E-state index contributed by atoms with van der Waals surface area (Å²) in [4.78, 5) is 40.9. The fraction of sp³-hybridized carbons (Fsp3) is 0.571. The maximum Gasteiger partial charge on any atom is 0.255 e. The smallest absolute Gasteiger partial charge is 0.255 e. The lowest BCUT2D eigenvalue weighted by atomic mass is 9.82. The third kappa shape index (κ3) is 2.80. The van der Waals surface area contributed by atoms with E-state index in [4.69, 9.17) is 0 Å². The second kappa shape index (κ2) is 6.88. The molecule has 3 amide bonds. The predicted octanol–water partition coefficient (Wildman–Crippen LogP) is 1.03. The maximum atomic E-state index is 13.0. The third-order valence-electron chi connectivity index (χ3n) is 6.86. The highest BCUT2D eigenvalue weighted by molar-refractivity contribution is 6.06. The Labute approximate surface area is 164 Å². The van der Waals surface area contributed by atoms with Gasteiger partial charge >= 0.3 is 0 Å². The predicted molar refractivity (Wildman–Crippen MR) is 104 cm³/mol. The van der Waals surface area contributed by atoms with Crippen LogP contribution in [0, 0.1) is 5.92 Å². The summed E-state index contributed by atoms with van der Waals surface area (Å²) in [5.74, 6) is 0.00599. The van der Waals surface area contributed by atoms with E-state index in [-0.39, 0.29) is 24.1 Å². The Kier molecular flexibility index (Phi) is 4.34. The highest BCUT2D eigenvalue weighted by Crippen LogP contribution is 2.40. The number of rotatable bonds is 3. The van der Waals surface area contributed by atoms with Gasteiger partial charge in [0.15, 0.2) is 0 Å². The van der Waals surface area contributed by atoms with E-state index in [0.29, 0.717) is 30.5 Å². The van der Waals surface area contributed by atoms with Gasteiger partial charge < -0.3 is 15.1 Å². The molecule has 1 aromatic carbocycles. The molecule has 1 aromatic rings. The molecule has 3 fully saturated rings. The van der Waals surface area contributed by atoms with Gasteiger partial charge in [0.25, 0.3) is 5.91 Å². The van der Waals surface area contributed by atoms with Crippen LogP contribution in [-0.4, -0.2) is 54.3 Å². The van der Waals surface area contributed by atoms with Gasteiger partial charge in [-0.1, -0.05) is 6.07 Å². The first-order chi connectivity index (χ1) is 13.6. The van der Waals surface area contributed by atoms with Crippen LogP contribution in [0.3, 0.4) is 0 Å². The number of nitrogens with one attached hydrogen (secondary N) is 2. The van der Waals surface area contributed by atoms with Gasteiger partial charge in [0.2, 0.25) is 11.8 Å². The molecule has 148 valence electrons. The Morgan fingerprint density at radius 3 is 2.50 bits per heavy atom. The number of hydrogen-bond donors (Lipinski definition) is 2. The number of anilines is 1. The molecule has 0 aliphatic carbocycles. The van der Waals surface area contributed by atoms with Gasteiger partial charge in [-0.2, -0.15) is 0 Å². The summed E-state index contributed by atoms with van der Waals surface area (Å²) >= 11 is 0. The Morgan fingerprint density at radius 2 is 1.79 bits per heavy atom. The molecule has 7 heteroatoms. The molecule has 0 unspecified atom stereocenters. The second-order valence-electron chi connectivity index (χ2n) is 8.34. The van der Waals surface area contributed by atoms with Crippen molar-refractivity contribution in [3.8, 4) is 0 Å². The van der Waals surface area contributed by atoms with Crippen molar-refractivity contribution in [3.05, 3.63) is 29.3 Å². The van der Waals surface area contributed by atoms with Crippen LogP contribution in [0.15, 0.2) is 18.2 Å². The molecule has 5 rings (SSSR count). The van der Waals surface area contributed by atoms with E-state index in [0.717, 1.165) is 30.9 Å². The quantitative estimate of drug-likeness (QED) is 0.763. The maximum absolute atomic E-state index is 13.0. The molecular weight excluding hydrogens is 356 g/mol. The van der Waals surface area contributed by atoms with Crippen molar-refractivity contribution in [1.29, 1.82) is 0 Å². The molecule has 2 N–H and O–H groups in total. The van der Waals surface area contributed by atoms with E-state index in [2.05, 4.69) is 21.6 Å². The number of piperidine rings is 2. The number of carbonyl (C=O) groups excluding carboxylic acids is 3. The summed E-state index contributed by atoms with van der Waals surface area (Å²) in [6.45, 7) is 3.65. The van der Waals surface area contributed by atoms with Crippen LogP contribution in [0.2, 0.25) is 0 Å². The molecule has 4 heterocycles. The SMILES string of the molecule is O=C1CC[C@@H](N2Cc3c(cccc3N3CC[C@@H]3C3CCNCC3)C2=O)C(=O)N1. The van der Waals surface area contributed by atoms with Crippen molar-refractivity contribution in [3.63, 3.8) is 0 Å². The first-order valence-electron chi connectivity index (χ1n) is 10.4. The lowest BCUT2D eigenvalue weighted by Gasteiger charge is -2.49. The van der Waals surface area contributed by atoms with Gasteiger partial charge in [0.1, 0.15) is 6.04 Å². The molecule has 0 bridgehead atoms. The lowest BCUT2D eigenvalue weighted by Crippen LogP contribution is -2.54. The summed E-state index contributed by atoms with van der Waals surface area (Å²) in [6.07, 6.45) is 4.31. The average Bonchev–Trinajstić information content (AvgIpc) is 3.00. The van der Waals surface area contributed by atoms with Crippen LogP contribution in [0.4, 0.5) is 5.69 Å². The zero-order valence-electron chi connectivity index (χ0n) is 15.9. The molecule has 3 saturated heterocycles. The van der Waals surface area contributed by atoms with Crippen LogP contribution in [0.5, 0.6) is 0 Å². The van der Waals surface area contributed by atoms with Crippen LogP contribution >= 0.6 is 0 Å². The third-order valence-corrected chi connectivity index (χ3v) is 6.86. The fourth-order valence-corrected chi connectivity index (χ4v) is 5.26. The number of benzene rings is 1. The summed E-state index contributed by atoms with van der Waals surface area (Å²) in [5, 5.41) is 5.81. The minimum atomic E-state index is -0.554. The minimum Gasteiger partial charge on any atom is -0.368 e. The highest BCUT2D eigenvalue weighted by Gasteiger charge is 2.42. The van der Waals surface area contributed by atoms with E-state index >= 15 is 0 Å². The zero-order chi connectivity index (χ0) is 19.3. The van der Waals surface area contributed by atoms with E-state index in [9.17, 15) is 14.4 Å². The number of hydrogen-bond acceptors (Lipinski definition) is 5. The summed E-state index contributed by atoms with van der Waals surface area (Å²) < 4.78 is 0. The van der Waals surface area contributed by atoms with Gasteiger partial charge in [0.05, 0.1) is 0 Å². The summed E-state index contributed by atoms with van der Waals surface area (Å²) in [6, 6.07) is 5.94. The summed E-state index contributed by atoms with van der Waals surface area (Å²) in [7, 11) is 0. The van der Waals surface area contributed by atoms with Gasteiger partial charge in [-0.25, -0.2) is 0 Å². The number of fused-ring (bicyclic) bond motifs is 1. The van der Waals surface area contributed by atoms with Gasteiger partial charge in [-0.3, -0.25) is 19.7 Å². The molecular formula is C21H26N4O3. The zero-order valence-corrected chi connectivity index (χ0v) is 15.9. The van der Waals surface area contributed by atoms with Crippen molar-refractivity contribution in [1.82, 2.24) is 15.5 Å². The van der Waals surface area contributed by atoms with Crippen LogP contribution in [0.25, 0.3) is 0 Å². The molecule has 0 saturated carbocycles. The van der Waals surface area contributed by atoms with E-state index in [1.807, 2.05) is 12.1 Å². The summed E-state index contributed by atoms with van der Waals surface area (Å²) in [5.41, 5.74) is 2.89. The van der Waals surface area contributed by atoms with Crippen LogP contribution < -0.4 is 15.5 Å². The molecule has 4 aliphatic rings. The van der Waals surface area contributed by atoms with Gasteiger partial charge in [0, 0.05) is 42.4 Å². The average molecular weight is 382 g/mol. The number of imide groups is 1. The van der Waals surface area contributed by atoms with E-state index < -0.39 is 6.04 Å². The minimum absolute atomic E-state index is 0.0923. The molecule has 0 radical (unpaired) electrons. The topological polar surface area (TPSA) is 81.8 Å². The molecule has 7 nitrogen and oxygen atoms in total. The second-order valence-corrected chi connectivity index (χ2v) is 8.34. The first kappa shape index (κ1) is 17.7. The lowest BCUT2D eigenvalue weighted by molar-refractivity contribution is -0.136. The van der Waals surface area contributed by atoms with E-state index in [1.165, 1.54) is 19.3 Å². The molecule has 0 aromatic heterocycles. The van der Waals surface area contributed by atoms with Crippen molar-refractivity contribution >= 4 is 23.4 Å². The van der Waals surface area contributed by atoms with Crippen LogP contribution in [0.1, 0.15) is 48.0 Å². The Balaban J connectivity index is 1.39. The number of nitrogens with zero attached hydrogens (tertiary/aromatic N) is 2. The Bertz CT molecular complexity index is 833. The molecule has 28 heavy (non-hydrogen) atoms. The van der Waals surface area contributed by atoms with Gasteiger partial charge in [-0.05, 0) is 56.8 Å². The van der Waals surface area contributed by atoms with Crippen LogP contribution in [-0.2, 0) is 16.1 Å².